The molecule has 2 nitrogen and oxygen atoms in total. The van der Waals surface area contributed by atoms with E-state index in [1.807, 2.05) is 6.92 Å². The van der Waals surface area contributed by atoms with Gasteiger partial charge in [0.05, 0.1) is 6.61 Å². The normalized spacial score (nSPS) is 24.4. The van der Waals surface area contributed by atoms with Gasteiger partial charge in [-0.05, 0) is 68.2 Å². The first kappa shape index (κ1) is 15.4. The third kappa shape index (κ3) is 3.54. The topological polar surface area (TPSA) is 35.2 Å². The van der Waals surface area contributed by atoms with E-state index >= 15 is 0 Å². The number of hydrogen-bond donors (Lipinski definition) is 1. The minimum atomic E-state index is 0.511. The molecule has 1 aromatic carbocycles. The predicted molar refractivity (Wildman–Crippen MR) is 85.3 cm³/mol. The molecule has 1 aliphatic carbocycles. The Kier molecular flexibility index (Phi) is 5.47. The fourth-order valence-electron chi connectivity index (χ4n) is 3.51. The van der Waals surface area contributed by atoms with Gasteiger partial charge in [-0.25, -0.2) is 0 Å². The lowest BCUT2D eigenvalue weighted by Crippen LogP contribution is -2.25. The fourth-order valence-corrected chi connectivity index (χ4v) is 3.51. The monoisotopic (exact) mass is 275 g/mol. The Labute approximate surface area is 123 Å². The van der Waals surface area contributed by atoms with E-state index < -0.39 is 0 Å². The lowest BCUT2D eigenvalue weighted by molar-refractivity contribution is 0.255. The van der Waals surface area contributed by atoms with Crippen LogP contribution in [0.15, 0.2) is 18.2 Å². The van der Waals surface area contributed by atoms with E-state index in [0.29, 0.717) is 5.92 Å². The number of hydrogen-bond acceptors (Lipinski definition) is 2. The van der Waals surface area contributed by atoms with Crippen molar-refractivity contribution in [3.8, 4) is 5.75 Å². The Morgan fingerprint density at radius 2 is 1.95 bits per heavy atom. The third-order valence-corrected chi connectivity index (χ3v) is 4.81. The van der Waals surface area contributed by atoms with Gasteiger partial charge in [0.25, 0.3) is 0 Å². The molecule has 1 saturated carbocycles. The molecule has 0 bridgehead atoms. The van der Waals surface area contributed by atoms with Crippen molar-refractivity contribution in [1.82, 2.24) is 0 Å². The molecule has 1 aromatic rings. The van der Waals surface area contributed by atoms with Crippen LogP contribution in [-0.4, -0.2) is 13.2 Å². The highest BCUT2D eigenvalue weighted by Crippen LogP contribution is 2.38. The first-order valence-corrected chi connectivity index (χ1v) is 8.09. The SMILES string of the molecule is CCOc1ccc(C(CN)C2CCC(C)CC2)cc1C. The Hall–Kier alpha value is -1.02. The molecule has 0 saturated heterocycles. The maximum absolute atomic E-state index is 6.09. The molecule has 0 heterocycles. The maximum Gasteiger partial charge on any atom is 0.122 e. The van der Waals surface area contributed by atoms with Crippen LogP contribution in [-0.2, 0) is 0 Å². The van der Waals surface area contributed by atoms with Gasteiger partial charge < -0.3 is 10.5 Å². The van der Waals surface area contributed by atoms with Gasteiger partial charge >= 0.3 is 0 Å². The van der Waals surface area contributed by atoms with Crippen LogP contribution in [0.3, 0.4) is 0 Å². The van der Waals surface area contributed by atoms with Gasteiger partial charge in [-0.1, -0.05) is 31.9 Å². The second kappa shape index (κ2) is 7.12. The van der Waals surface area contributed by atoms with Crippen molar-refractivity contribution in [2.24, 2.45) is 17.6 Å². The van der Waals surface area contributed by atoms with Gasteiger partial charge in [0.2, 0.25) is 0 Å². The Bertz CT molecular complexity index is 421. The molecule has 0 radical (unpaired) electrons. The van der Waals surface area contributed by atoms with E-state index in [0.717, 1.165) is 30.7 Å². The van der Waals surface area contributed by atoms with Crippen molar-refractivity contribution in [3.05, 3.63) is 29.3 Å². The van der Waals surface area contributed by atoms with E-state index in [2.05, 4.69) is 32.0 Å². The highest BCUT2D eigenvalue weighted by atomic mass is 16.5. The summed E-state index contributed by atoms with van der Waals surface area (Å²) >= 11 is 0. The van der Waals surface area contributed by atoms with Gasteiger partial charge in [-0.15, -0.1) is 0 Å². The summed E-state index contributed by atoms with van der Waals surface area (Å²) < 4.78 is 5.63. The molecule has 1 unspecified atom stereocenters. The standard InChI is InChI=1S/C18H29NO/c1-4-20-18-10-9-16(11-14(18)3)17(12-19)15-7-5-13(2)6-8-15/h9-11,13,15,17H,4-8,12,19H2,1-3H3. The second-order valence-corrected chi connectivity index (χ2v) is 6.32. The molecule has 0 aliphatic heterocycles. The first-order valence-electron chi connectivity index (χ1n) is 8.09. The van der Waals surface area contributed by atoms with Gasteiger partial charge in [0, 0.05) is 0 Å². The zero-order chi connectivity index (χ0) is 14.5. The summed E-state index contributed by atoms with van der Waals surface area (Å²) in [6.07, 6.45) is 5.37. The zero-order valence-corrected chi connectivity index (χ0v) is 13.2. The summed E-state index contributed by atoms with van der Waals surface area (Å²) in [5.74, 6) is 3.17. The second-order valence-electron chi connectivity index (χ2n) is 6.32. The summed E-state index contributed by atoms with van der Waals surface area (Å²) in [5.41, 5.74) is 8.71. The Morgan fingerprint density at radius 1 is 1.25 bits per heavy atom. The molecule has 20 heavy (non-hydrogen) atoms. The smallest absolute Gasteiger partial charge is 0.122 e. The molecule has 1 atom stereocenters. The van der Waals surface area contributed by atoms with Crippen LogP contribution >= 0.6 is 0 Å². The average molecular weight is 275 g/mol. The molecule has 0 aromatic heterocycles. The van der Waals surface area contributed by atoms with Gasteiger partial charge in [-0.2, -0.15) is 0 Å². The predicted octanol–water partition coefficient (Wildman–Crippen LogP) is 4.26. The Balaban J connectivity index is 2.13. The van der Waals surface area contributed by atoms with Crippen LogP contribution in [0.2, 0.25) is 0 Å². The molecule has 2 heteroatoms. The van der Waals surface area contributed by atoms with Crippen LogP contribution in [0.5, 0.6) is 5.75 Å². The van der Waals surface area contributed by atoms with Gasteiger partial charge in [0.15, 0.2) is 0 Å². The maximum atomic E-state index is 6.09. The molecule has 2 rings (SSSR count). The average Bonchev–Trinajstić information content (AvgIpc) is 2.45. The lowest BCUT2D eigenvalue weighted by Gasteiger charge is -2.32. The Morgan fingerprint density at radius 3 is 2.50 bits per heavy atom. The van der Waals surface area contributed by atoms with Crippen molar-refractivity contribution in [2.45, 2.75) is 52.4 Å². The van der Waals surface area contributed by atoms with Crippen molar-refractivity contribution in [3.63, 3.8) is 0 Å². The van der Waals surface area contributed by atoms with E-state index in [-0.39, 0.29) is 0 Å². The molecular formula is C18H29NO. The van der Waals surface area contributed by atoms with Crippen LogP contribution in [0, 0.1) is 18.8 Å². The van der Waals surface area contributed by atoms with Crippen LogP contribution in [0.25, 0.3) is 0 Å². The van der Waals surface area contributed by atoms with Gasteiger partial charge in [0.1, 0.15) is 5.75 Å². The summed E-state index contributed by atoms with van der Waals surface area (Å²) in [5, 5.41) is 0. The van der Waals surface area contributed by atoms with Crippen LogP contribution < -0.4 is 10.5 Å². The molecule has 1 fully saturated rings. The van der Waals surface area contributed by atoms with Crippen molar-refractivity contribution >= 4 is 0 Å². The molecule has 2 N–H and O–H groups in total. The third-order valence-electron chi connectivity index (χ3n) is 4.81. The minimum absolute atomic E-state index is 0.511. The van der Waals surface area contributed by atoms with E-state index in [1.165, 1.54) is 36.8 Å². The highest BCUT2D eigenvalue weighted by molar-refractivity contribution is 5.38. The quantitative estimate of drug-likeness (QED) is 0.871. The van der Waals surface area contributed by atoms with Crippen molar-refractivity contribution in [2.75, 3.05) is 13.2 Å². The number of ether oxygens (including phenoxy) is 1. The van der Waals surface area contributed by atoms with E-state index in [1.54, 1.807) is 0 Å². The van der Waals surface area contributed by atoms with E-state index in [9.17, 15) is 0 Å². The number of benzene rings is 1. The fraction of sp³-hybridized carbons (Fsp3) is 0.667. The number of nitrogens with two attached hydrogens (primary N) is 1. The summed E-state index contributed by atoms with van der Waals surface area (Å²) in [6, 6.07) is 6.61. The molecular weight excluding hydrogens is 246 g/mol. The number of aryl methyl sites for hydroxylation is 1. The van der Waals surface area contributed by atoms with Crippen molar-refractivity contribution in [1.29, 1.82) is 0 Å². The number of rotatable bonds is 5. The molecule has 0 spiro atoms. The van der Waals surface area contributed by atoms with Crippen LogP contribution in [0.4, 0.5) is 0 Å². The minimum Gasteiger partial charge on any atom is -0.494 e. The summed E-state index contributed by atoms with van der Waals surface area (Å²) in [6.45, 7) is 8.01. The zero-order valence-electron chi connectivity index (χ0n) is 13.2. The van der Waals surface area contributed by atoms with Gasteiger partial charge in [-0.3, -0.25) is 0 Å². The summed E-state index contributed by atoms with van der Waals surface area (Å²) in [4.78, 5) is 0. The van der Waals surface area contributed by atoms with Crippen molar-refractivity contribution < 1.29 is 4.74 Å². The summed E-state index contributed by atoms with van der Waals surface area (Å²) in [7, 11) is 0. The lowest BCUT2D eigenvalue weighted by atomic mass is 9.74. The largest absolute Gasteiger partial charge is 0.494 e. The first-order chi connectivity index (χ1) is 9.65. The molecule has 112 valence electrons. The molecule has 1 aliphatic rings. The van der Waals surface area contributed by atoms with Crippen LogP contribution in [0.1, 0.15) is 56.6 Å². The molecule has 0 amide bonds. The van der Waals surface area contributed by atoms with E-state index in [4.69, 9.17) is 10.5 Å². The highest BCUT2D eigenvalue weighted by Gasteiger charge is 2.26.